The summed E-state index contributed by atoms with van der Waals surface area (Å²) in [5.74, 6) is 0.876. The third-order valence-corrected chi connectivity index (χ3v) is 4.60. The average Bonchev–Trinajstić information content (AvgIpc) is 3.02. The second kappa shape index (κ2) is 8.40. The highest BCUT2D eigenvalue weighted by Crippen LogP contribution is 2.15. The normalized spacial score (nSPS) is 18.9. The van der Waals surface area contributed by atoms with E-state index >= 15 is 0 Å². The van der Waals surface area contributed by atoms with Crippen molar-refractivity contribution < 1.29 is 9.47 Å². The lowest BCUT2D eigenvalue weighted by Gasteiger charge is -2.30. The fraction of sp³-hybridized carbons (Fsp3) is 0.471. The Balaban J connectivity index is 1.39. The zero-order valence-electron chi connectivity index (χ0n) is 13.4. The molecule has 5 nitrogen and oxygen atoms in total. The minimum Gasteiger partial charge on any atom is -0.486 e. The minimum atomic E-state index is 0.272. The van der Waals surface area contributed by atoms with E-state index in [0.717, 1.165) is 49.2 Å². The lowest BCUT2D eigenvalue weighted by molar-refractivity contribution is -0.0182. The summed E-state index contributed by atoms with van der Waals surface area (Å²) >= 11 is 1.64. The predicted molar refractivity (Wildman–Crippen MR) is 91.8 cm³/mol. The molecule has 124 valence electrons. The molecule has 2 heterocycles. The van der Waals surface area contributed by atoms with Crippen LogP contribution >= 0.6 is 11.3 Å². The molecule has 2 aromatic rings. The number of para-hydroxylation sites is 1. The number of benzene rings is 1. The number of ether oxygens (including phenoxy) is 2. The smallest absolute Gasteiger partial charge is 0.140 e. The molecule has 0 saturated carbocycles. The van der Waals surface area contributed by atoms with Crippen LogP contribution < -0.4 is 10.1 Å². The van der Waals surface area contributed by atoms with Crippen molar-refractivity contribution in [3.05, 3.63) is 46.4 Å². The number of likely N-dealkylation sites (N-methyl/N-ethyl adjacent to an activating group) is 1. The van der Waals surface area contributed by atoms with Gasteiger partial charge in [0, 0.05) is 31.6 Å². The van der Waals surface area contributed by atoms with E-state index in [1.54, 1.807) is 11.3 Å². The standard InChI is InChI=1S/C17H23N3O2S/c1-20-7-8-21-16(11-20)10-18-9-14-13-23-17(19-14)12-22-15-5-3-2-4-6-15/h2-6,13,16,18H,7-12H2,1H3/t16-/m1/s1. The van der Waals surface area contributed by atoms with Crippen LogP contribution in [0.25, 0.3) is 0 Å². The Labute approximate surface area is 141 Å². The molecule has 1 aromatic heterocycles. The molecule has 0 spiro atoms. The van der Waals surface area contributed by atoms with Crippen LogP contribution in [0.4, 0.5) is 0 Å². The second-order valence-corrected chi connectivity index (χ2v) is 6.66. The quantitative estimate of drug-likeness (QED) is 0.841. The van der Waals surface area contributed by atoms with Crippen LogP contribution in [0.15, 0.2) is 35.7 Å². The van der Waals surface area contributed by atoms with Crippen molar-refractivity contribution in [1.29, 1.82) is 0 Å². The van der Waals surface area contributed by atoms with Gasteiger partial charge in [0.15, 0.2) is 0 Å². The van der Waals surface area contributed by atoms with Gasteiger partial charge in [-0.15, -0.1) is 11.3 Å². The van der Waals surface area contributed by atoms with Crippen molar-refractivity contribution in [2.24, 2.45) is 0 Å². The SMILES string of the molecule is CN1CCO[C@H](CNCc2csc(COc3ccccc3)n2)C1. The molecule has 0 aliphatic carbocycles. The molecule has 0 unspecified atom stereocenters. The van der Waals surface area contributed by atoms with E-state index in [1.165, 1.54) is 0 Å². The van der Waals surface area contributed by atoms with E-state index in [1.807, 2.05) is 30.3 Å². The predicted octanol–water partition coefficient (Wildman–Crippen LogP) is 2.14. The Morgan fingerprint density at radius 2 is 2.26 bits per heavy atom. The van der Waals surface area contributed by atoms with Gasteiger partial charge in [-0.1, -0.05) is 18.2 Å². The van der Waals surface area contributed by atoms with E-state index in [4.69, 9.17) is 9.47 Å². The molecule has 1 N–H and O–H groups in total. The van der Waals surface area contributed by atoms with Crippen molar-refractivity contribution >= 4 is 11.3 Å². The zero-order valence-corrected chi connectivity index (χ0v) is 14.2. The van der Waals surface area contributed by atoms with Crippen molar-refractivity contribution in [3.8, 4) is 5.75 Å². The van der Waals surface area contributed by atoms with Crippen LogP contribution in [-0.2, 0) is 17.9 Å². The number of thiazole rings is 1. The minimum absolute atomic E-state index is 0.272. The van der Waals surface area contributed by atoms with Gasteiger partial charge in [0.05, 0.1) is 18.4 Å². The maximum atomic E-state index is 5.74. The summed E-state index contributed by atoms with van der Waals surface area (Å²) in [6.07, 6.45) is 0.272. The zero-order chi connectivity index (χ0) is 15.9. The highest BCUT2D eigenvalue weighted by Gasteiger charge is 2.17. The first-order chi connectivity index (χ1) is 11.3. The third-order valence-electron chi connectivity index (χ3n) is 3.72. The van der Waals surface area contributed by atoms with Crippen LogP contribution in [0, 0.1) is 0 Å². The van der Waals surface area contributed by atoms with Crippen molar-refractivity contribution in [3.63, 3.8) is 0 Å². The number of hydrogen-bond donors (Lipinski definition) is 1. The summed E-state index contributed by atoms with van der Waals surface area (Å²) in [6, 6.07) is 9.83. The Kier molecular flexibility index (Phi) is 5.99. The van der Waals surface area contributed by atoms with Gasteiger partial charge >= 0.3 is 0 Å². The van der Waals surface area contributed by atoms with Gasteiger partial charge in [-0.3, -0.25) is 0 Å². The fourth-order valence-corrected chi connectivity index (χ4v) is 3.21. The van der Waals surface area contributed by atoms with E-state index in [9.17, 15) is 0 Å². The van der Waals surface area contributed by atoms with Gasteiger partial charge in [-0.25, -0.2) is 4.98 Å². The van der Waals surface area contributed by atoms with E-state index in [2.05, 4.69) is 27.6 Å². The first kappa shape index (κ1) is 16.4. The van der Waals surface area contributed by atoms with E-state index in [-0.39, 0.29) is 6.10 Å². The van der Waals surface area contributed by atoms with Crippen LogP contribution in [0.3, 0.4) is 0 Å². The largest absolute Gasteiger partial charge is 0.486 e. The van der Waals surface area contributed by atoms with Crippen LogP contribution in [0.2, 0.25) is 0 Å². The number of morpholine rings is 1. The van der Waals surface area contributed by atoms with Crippen LogP contribution in [-0.4, -0.2) is 49.3 Å². The molecule has 1 fully saturated rings. The van der Waals surface area contributed by atoms with Gasteiger partial charge in [0.1, 0.15) is 17.4 Å². The van der Waals surface area contributed by atoms with Crippen molar-refractivity contribution in [2.45, 2.75) is 19.3 Å². The van der Waals surface area contributed by atoms with Gasteiger partial charge in [-0.2, -0.15) is 0 Å². The highest BCUT2D eigenvalue weighted by molar-refractivity contribution is 7.09. The molecule has 0 radical (unpaired) electrons. The number of rotatable bonds is 7. The average molecular weight is 333 g/mol. The number of aromatic nitrogens is 1. The molecule has 0 amide bonds. The highest BCUT2D eigenvalue weighted by atomic mass is 32.1. The summed E-state index contributed by atoms with van der Waals surface area (Å²) in [4.78, 5) is 6.91. The molecule has 1 aliphatic rings. The molecule has 1 saturated heterocycles. The van der Waals surface area contributed by atoms with Gasteiger partial charge in [0.2, 0.25) is 0 Å². The van der Waals surface area contributed by atoms with Gasteiger partial charge < -0.3 is 19.7 Å². The Morgan fingerprint density at radius 3 is 3.09 bits per heavy atom. The fourth-order valence-electron chi connectivity index (χ4n) is 2.51. The van der Waals surface area contributed by atoms with Crippen LogP contribution in [0.5, 0.6) is 5.75 Å². The summed E-state index contributed by atoms with van der Waals surface area (Å²) < 4.78 is 11.5. The molecule has 1 aromatic carbocycles. The number of hydrogen-bond acceptors (Lipinski definition) is 6. The molecule has 1 aliphatic heterocycles. The lowest BCUT2D eigenvalue weighted by atomic mass is 10.3. The van der Waals surface area contributed by atoms with Gasteiger partial charge in [-0.05, 0) is 19.2 Å². The first-order valence-electron chi connectivity index (χ1n) is 7.91. The van der Waals surface area contributed by atoms with Crippen molar-refractivity contribution in [2.75, 3.05) is 33.3 Å². The monoisotopic (exact) mass is 333 g/mol. The first-order valence-corrected chi connectivity index (χ1v) is 8.79. The van der Waals surface area contributed by atoms with Gasteiger partial charge in [0.25, 0.3) is 0 Å². The molecule has 1 atom stereocenters. The Hall–Kier alpha value is -1.47. The Morgan fingerprint density at radius 1 is 1.39 bits per heavy atom. The summed E-state index contributed by atoms with van der Waals surface area (Å²) in [5, 5.41) is 6.52. The Bertz CT molecular complexity index is 591. The maximum absolute atomic E-state index is 5.74. The molecule has 23 heavy (non-hydrogen) atoms. The summed E-state index contributed by atoms with van der Waals surface area (Å²) in [5.41, 5.74) is 1.06. The van der Waals surface area contributed by atoms with E-state index in [0.29, 0.717) is 6.61 Å². The number of nitrogens with one attached hydrogen (secondary N) is 1. The molecular weight excluding hydrogens is 310 g/mol. The number of nitrogens with zero attached hydrogens (tertiary/aromatic N) is 2. The van der Waals surface area contributed by atoms with Crippen molar-refractivity contribution in [1.82, 2.24) is 15.2 Å². The van der Waals surface area contributed by atoms with Crippen LogP contribution in [0.1, 0.15) is 10.7 Å². The maximum Gasteiger partial charge on any atom is 0.140 e. The lowest BCUT2D eigenvalue weighted by Crippen LogP contribution is -2.44. The molecular formula is C17H23N3O2S. The molecule has 0 bridgehead atoms. The third kappa shape index (κ3) is 5.28. The molecule has 6 heteroatoms. The summed E-state index contributed by atoms with van der Waals surface area (Å²) in [6.45, 7) is 4.97. The van der Waals surface area contributed by atoms with E-state index < -0.39 is 0 Å². The second-order valence-electron chi connectivity index (χ2n) is 5.72. The topological polar surface area (TPSA) is 46.6 Å². The molecule has 3 rings (SSSR count). The summed E-state index contributed by atoms with van der Waals surface area (Å²) in [7, 11) is 2.13.